The summed E-state index contributed by atoms with van der Waals surface area (Å²) in [4.78, 5) is 34.5. The number of primary amides is 1. The van der Waals surface area contributed by atoms with Crippen LogP contribution in [0.4, 0.5) is 5.00 Å². The number of amides is 2. The molecule has 0 fully saturated rings. The van der Waals surface area contributed by atoms with E-state index in [1.807, 2.05) is 0 Å². The first kappa shape index (κ1) is 17.0. The molecule has 1 heterocycles. The van der Waals surface area contributed by atoms with Gasteiger partial charge in [0.1, 0.15) is 5.00 Å². The van der Waals surface area contributed by atoms with Gasteiger partial charge in [0.15, 0.2) is 6.61 Å². The number of hydrogen-bond donors (Lipinski definition) is 2. The van der Waals surface area contributed by atoms with Gasteiger partial charge in [0.2, 0.25) is 0 Å². The second-order valence-corrected chi connectivity index (χ2v) is 5.89. The van der Waals surface area contributed by atoms with Crippen LogP contribution in [0, 0.1) is 0 Å². The molecule has 0 atom stereocenters. The largest absolute Gasteiger partial charge is 0.455 e. The Balaban J connectivity index is 1.82. The van der Waals surface area contributed by atoms with Crippen LogP contribution in [-0.4, -0.2) is 24.4 Å². The van der Waals surface area contributed by atoms with Crippen LogP contribution in [0.25, 0.3) is 0 Å². The van der Waals surface area contributed by atoms with Gasteiger partial charge in [-0.1, -0.05) is 23.7 Å². The highest BCUT2D eigenvalue weighted by molar-refractivity contribution is 7.14. The van der Waals surface area contributed by atoms with Gasteiger partial charge in [-0.25, -0.2) is 0 Å². The monoisotopic (exact) mass is 352 g/mol. The van der Waals surface area contributed by atoms with Crippen molar-refractivity contribution >= 4 is 45.7 Å². The molecule has 0 saturated carbocycles. The molecule has 0 radical (unpaired) electrons. The molecule has 2 amide bonds. The molecule has 23 heavy (non-hydrogen) atoms. The Morgan fingerprint density at radius 2 is 1.87 bits per heavy atom. The Hall–Kier alpha value is -2.38. The van der Waals surface area contributed by atoms with Crippen molar-refractivity contribution in [2.75, 3.05) is 11.9 Å². The molecular weight excluding hydrogens is 340 g/mol. The molecule has 6 nitrogen and oxygen atoms in total. The third-order valence-corrected chi connectivity index (χ3v) is 3.89. The van der Waals surface area contributed by atoms with E-state index in [-0.39, 0.29) is 12.0 Å². The number of thiophene rings is 1. The zero-order valence-corrected chi connectivity index (χ0v) is 13.4. The molecule has 0 saturated heterocycles. The Morgan fingerprint density at radius 1 is 1.17 bits per heavy atom. The number of carbonyl (C=O) groups excluding carboxylic acids is 3. The van der Waals surface area contributed by atoms with Crippen molar-refractivity contribution in [3.63, 3.8) is 0 Å². The summed E-state index contributed by atoms with van der Waals surface area (Å²) < 4.78 is 4.89. The van der Waals surface area contributed by atoms with Gasteiger partial charge in [-0.2, -0.15) is 0 Å². The Kier molecular flexibility index (Phi) is 5.72. The summed E-state index contributed by atoms with van der Waals surface area (Å²) in [5.41, 5.74) is 6.12. The molecule has 3 N–H and O–H groups in total. The van der Waals surface area contributed by atoms with Crippen molar-refractivity contribution in [2.45, 2.75) is 6.42 Å². The van der Waals surface area contributed by atoms with Crippen LogP contribution in [0.15, 0.2) is 35.7 Å². The third kappa shape index (κ3) is 5.08. The molecule has 0 aliphatic heterocycles. The lowest BCUT2D eigenvalue weighted by Gasteiger charge is -2.06. The molecule has 1 aromatic carbocycles. The summed E-state index contributed by atoms with van der Waals surface area (Å²) in [5.74, 6) is -1.72. The molecule has 0 aliphatic carbocycles. The molecule has 0 aliphatic rings. The average Bonchev–Trinajstić information content (AvgIpc) is 2.96. The molecule has 120 valence electrons. The number of hydrogen-bond acceptors (Lipinski definition) is 5. The maximum Gasteiger partial charge on any atom is 0.310 e. The lowest BCUT2D eigenvalue weighted by Crippen LogP contribution is -2.22. The quantitative estimate of drug-likeness (QED) is 0.779. The van der Waals surface area contributed by atoms with Crippen molar-refractivity contribution in [3.8, 4) is 0 Å². The van der Waals surface area contributed by atoms with E-state index in [1.165, 1.54) is 6.07 Å². The fraction of sp³-hybridized carbons (Fsp3) is 0.133. The number of nitrogens with one attached hydrogen (secondary N) is 1. The second-order valence-electron chi connectivity index (χ2n) is 4.54. The van der Waals surface area contributed by atoms with Crippen molar-refractivity contribution in [2.24, 2.45) is 5.73 Å². The van der Waals surface area contributed by atoms with Gasteiger partial charge < -0.3 is 15.8 Å². The molecule has 8 heteroatoms. The first-order valence-electron chi connectivity index (χ1n) is 6.53. The number of halogens is 1. The molecule has 0 bridgehead atoms. The minimum Gasteiger partial charge on any atom is -0.455 e. The van der Waals surface area contributed by atoms with Crippen molar-refractivity contribution in [1.29, 1.82) is 0 Å². The van der Waals surface area contributed by atoms with Crippen LogP contribution < -0.4 is 11.1 Å². The summed E-state index contributed by atoms with van der Waals surface area (Å²) in [6.07, 6.45) is 0.0377. The molecule has 0 spiro atoms. The zero-order valence-electron chi connectivity index (χ0n) is 11.9. The molecule has 1 aromatic heterocycles. The predicted molar refractivity (Wildman–Crippen MR) is 87.6 cm³/mol. The SMILES string of the molecule is NC(=O)c1ccsc1NC(=O)COC(=O)Cc1ccc(Cl)cc1. The van der Waals surface area contributed by atoms with Crippen LogP contribution in [-0.2, 0) is 20.7 Å². The number of nitrogens with two attached hydrogens (primary N) is 1. The first-order chi connectivity index (χ1) is 11.0. The van der Waals surface area contributed by atoms with E-state index >= 15 is 0 Å². The number of esters is 1. The van der Waals surface area contributed by atoms with Crippen molar-refractivity contribution in [3.05, 3.63) is 51.9 Å². The van der Waals surface area contributed by atoms with Gasteiger partial charge in [0, 0.05) is 5.02 Å². The Labute approximate surface area is 141 Å². The second kappa shape index (κ2) is 7.75. The summed E-state index contributed by atoms with van der Waals surface area (Å²) in [6.45, 7) is -0.442. The van der Waals surface area contributed by atoms with Gasteiger partial charge in [-0.15, -0.1) is 11.3 Å². The lowest BCUT2D eigenvalue weighted by atomic mass is 10.1. The minimum absolute atomic E-state index is 0.0377. The number of rotatable bonds is 6. The predicted octanol–water partition coefficient (Wildman–Crippen LogP) is 2.22. The van der Waals surface area contributed by atoms with Gasteiger partial charge in [0.25, 0.3) is 11.8 Å². The Morgan fingerprint density at radius 3 is 2.52 bits per heavy atom. The summed E-state index contributed by atoms with van der Waals surface area (Å²) >= 11 is 6.91. The van der Waals surface area contributed by atoms with Crippen LogP contribution in [0.5, 0.6) is 0 Å². The third-order valence-electron chi connectivity index (χ3n) is 2.81. The average molecular weight is 353 g/mol. The van der Waals surface area contributed by atoms with Crippen LogP contribution in [0.3, 0.4) is 0 Å². The van der Waals surface area contributed by atoms with E-state index in [9.17, 15) is 14.4 Å². The highest BCUT2D eigenvalue weighted by Gasteiger charge is 2.14. The van der Waals surface area contributed by atoms with Gasteiger partial charge in [-0.05, 0) is 29.1 Å². The van der Waals surface area contributed by atoms with E-state index in [2.05, 4.69) is 5.32 Å². The van der Waals surface area contributed by atoms with Crippen molar-refractivity contribution < 1.29 is 19.1 Å². The molecule has 2 rings (SSSR count). The van der Waals surface area contributed by atoms with Crippen LogP contribution in [0.1, 0.15) is 15.9 Å². The van der Waals surface area contributed by atoms with Crippen molar-refractivity contribution in [1.82, 2.24) is 0 Å². The van der Waals surface area contributed by atoms with Gasteiger partial charge >= 0.3 is 5.97 Å². The highest BCUT2D eigenvalue weighted by Crippen LogP contribution is 2.22. The van der Waals surface area contributed by atoms with E-state index < -0.39 is 24.4 Å². The standard InChI is InChI=1S/C15H13ClN2O4S/c16-10-3-1-9(2-4-10)7-13(20)22-8-12(19)18-15-11(14(17)21)5-6-23-15/h1-6H,7-8H2,(H2,17,21)(H,18,19). The zero-order chi connectivity index (χ0) is 16.8. The number of carbonyl (C=O) groups is 3. The summed E-state index contributed by atoms with van der Waals surface area (Å²) in [7, 11) is 0. The summed E-state index contributed by atoms with van der Waals surface area (Å²) in [6, 6.07) is 8.25. The fourth-order valence-corrected chi connectivity index (χ4v) is 2.66. The first-order valence-corrected chi connectivity index (χ1v) is 7.78. The number of anilines is 1. The number of benzene rings is 1. The topological polar surface area (TPSA) is 98.5 Å². The minimum atomic E-state index is -0.638. The van der Waals surface area contributed by atoms with E-state index in [0.717, 1.165) is 16.9 Å². The van der Waals surface area contributed by atoms with Crippen LogP contribution >= 0.6 is 22.9 Å². The molecule has 0 unspecified atom stereocenters. The highest BCUT2D eigenvalue weighted by atomic mass is 35.5. The number of ether oxygens (including phenoxy) is 1. The smallest absolute Gasteiger partial charge is 0.310 e. The maximum absolute atomic E-state index is 11.7. The van der Waals surface area contributed by atoms with E-state index in [1.54, 1.807) is 29.6 Å². The summed E-state index contributed by atoms with van der Waals surface area (Å²) in [5, 5.41) is 5.01. The van der Waals surface area contributed by atoms with Gasteiger partial charge in [0.05, 0.1) is 12.0 Å². The van der Waals surface area contributed by atoms with E-state index in [0.29, 0.717) is 10.0 Å². The molecular formula is C15H13ClN2O4S. The maximum atomic E-state index is 11.7. The van der Waals surface area contributed by atoms with E-state index in [4.69, 9.17) is 22.1 Å². The normalized spacial score (nSPS) is 10.1. The van der Waals surface area contributed by atoms with Crippen LogP contribution in [0.2, 0.25) is 5.02 Å². The lowest BCUT2D eigenvalue weighted by molar-refractivity contribution is -0.146. The van der Waals surface area contributed by atoms with Gasteiger partial charge in [-0.3, -0.25) is 14.4 Å². The molecule has 2 aromatic rings. The Bertz CT molecular complexity index is 727. The fourth-order valence-electron chi connectivity index (χ4n) is 1.73.